The summed E-state index contributed by atoms with van der Waals surface area (Å²) in [4.78, 5) is 23.4. The fourth-order valence-electron chi connectivity index (χ4n) is 3.92. The SMILES string of the molecule is CCOCCCOc1ncc(-c2cc(C)c3c(n2)CN(c2cnn(CC(F)(F)F)c2)C3=O)cc1OC. The summed E-state index contributed by atoms with van der Waals surface area (Å²) in [6, 6.07) is 3.53. The molecule has 1 amide bonds. The molecule has 0 saturated carbocycles. The molecule has 1 aliphatic heterocycles. The monoisotopic (exact) mass is 505 g/mol. The van der Waals surface area contributed by atoms with Gasteiger partial charge in [-0.15, -0.1) is 0 Å². The molecule has 3 aromatic rings. The van der Waals surface area contributed by atoms with Gasteiger partial charge in [-0.3, -0.25) is 19.4 Å². The van der Waals surface area contributed by atoms with E-state index in [1.807, 2.05) is 6.92 Å². The third-order valence-electron chi connectivity index (χ3n) is 5.54. The van der Waals surface area contributed by atoms with Crippen molar-refractivity contribution >= 4 is 11.6 Å². The van der Waals surface area contributed by atoms with Crippen LogP contribution in [0.15, 0.2) is 30.7 Å². The number of carbonyl (C=O) groups excluding carboxylic acids is 1. The highest BCUT2D eigenvalue weighted by Crippen LogP contribution is 2.34. The van der Waals surface area contributed by atoms with Crippen LogP contribution in [0.25, 0.3) is 11.3 Å². The van der Waals surface area contributed by atoms with Crippen molar-refractivity contribution in [2.45, 2.75) is 39.5 Å². The van der Waals surface area contributed by atoms with Gasteiger partial charge in [-0.25, -0.2) is 4.98 Å². The lowest BCUT2D eigenvalue weighted by molar-refractivity contribution is -0.142. The molecule has 4 heterocycles. The van der Waals surface area contributed by atoms with Crippen LogP contribution in [0.2, 0.25) is 0 Å². The van der Waals surface area contributed by atoms with Crippen molar-refractivity contribution in [3.8, 4) is 22.9 Å². The summed E-state index contributed by atoms with van der Waals surface area (Å²) >= 11 is 0. The Morgan fingerprint density at radius 1 is 1.17 bits per heavy atom. The Morgan fingerprint density at radius 3 is 2.69 bits per heavy atom. The number of nitrogens with zero attached hydrogens (tertiary/aromatic N) is 5. The third-order valence-corrected chi connectivity index (χ3v) is 5.54. The first kappa shape index (κ1) is 25.4. The average Bonchev–Trinajstić information content (AvgIpc) is 3.41. The van der Waals surface area contributed by atoms with E-state index in [0.717, 1.165) is 4.68 Å². The molecule has 0 bridgehead atoms. The minimum Gasteiger partial charge on any atom is -0.491 e. The van der Waals surface area contributed by atoms with Crippen molar-refractivity contribution in [3.05, 3.63) is 47.5 Å². The first-order chi connectivity index (χ1) is 17.2. The Bertz CT molecular complexity index is 1240. The van der Waals surface area contributed by atoms with E-state index in [-0.39, 0.29) is 18.1 Å². The number of fused-ring (bicyclic) bond motifs is 1. The van der Waals surface area contributed by atoms with E-state index in [1.165, 1.54) is 24.4 Å². The normalized spacial score (nSPS) is 13.3. The van der Waals surface area contributed by atoms with E-state index in [9.17, 15) is 18.0 Å². The lowest BCUT2D eigenvalue weighted by atomic mass is 10.1. The summed E-state index contributed by atoms with van der Waals surface area (Å²) in [6.45, 7) is 4.27. The molecule has 12 heteroatoms. The number of pyridine rings is 2. The molecular weight excluding hydrogens is 479 g/mol. The summed E-state index contributed by atoms with van der Waals surface area (Å²) in [7, 11) is 1.52. The molecule has 0 spiro atoms. The van der Waals surface area contributed by atoms with Crippen molar-refractivity contribution < 1.29 is 32.2 Å². The Morgan fingerprint density at radius 2 is 1.97 bits per heavy atom. The number of rotatable bonds is 10. The van der Waals surface area contributed by atoms with E-state index in [4.69, 9.17) is 14.2 Å². The number of hydrogen-bond acceptors (Lipinski definition) is 7. The maximum Gasteiger partial charge on any atom is 0.408 e. The lowest BCUT2D eigenvalue weighted by Gasteiger charge is -2.12. The van der Waals surface area contributed by atoms with Gasteiger partial charge in [0.15, 0.2) is 5.75 Å². The van der Waals surface area contributed by atoms with Crippen molar-refractivity contribution in [2.24, 2.45) is 0 Å². The van der Waals surface area contributed by atoms with E-state index >= 15 is 0 Å². The van der Waals surface area contributed by atoms with Crippen LogP contribution in [0.1, 0.15) is 35.0 Å². The standard InChI is InChI=1S/C24H26F3N5O4/c1-4-35-6-5-7-36-22-20(34-3)9-16(10-28-22)18-8-15(2)21-19(30-18)13-32(23(21)33)17-11-29-31(12-17)14-24(25,26)27/h8-12H,4-7,13-14H2,1-3H3. The minimum absolute atomic E-state index is 0.117. The predicted molar refractivity (Wildman–Crippen MR) is 124 cm³/mol. The largest absolute Gasteiger partial charge is 0.491 e. The van der Waals surface area contributed by atoms with Crippen molar-refractivity contribution in [3.63, 3.8) is 0 Å². The van der Waals surface area contributed by atoms with Gasteiger partial charge < -0.3 is 14.2 Å². The zero-order valence-electron chi connectivity index (χ0n) is 20.1. The fourth-order valence-corrected chi connectivity index (χ4v) is 3.92. The Balaban J connectivity index is 1.54. The molecular formula is C24H26F3N5O4. The highest BCUT2D eigenvalue weighted by molar-refractivity contribution is 6.10. The summed E-state index contributed by atoms with van der Waals surface area (Å²) in [5.74, 6) is 0.464. The fraction of sp³-hybridized carbons (Fsp3) is 0.417. The zero-order chi connectivity index (χ0) is 25.9. The van der Waals surface area contributed by atoms with Crippen LogP contribution in [0.4, 0.5) is 18.9 Å². The van der Waals surface area contributed by atoms with Gasteiger partial charge in [-0.2, -0.15) is 18.3 Å². The second kappa shape index (κ2) is 10.5. The highest BCUT2D eigenvalue weighted by atomic mass is 19.4. The number of methoxy groups -OCH3 is 1. The molecule has 0 aliphatic carbocycles. The third kappa shape index (κ3) is 5.59. The maximum atomic E-state index is 13.0. The minimum atomic E-state index is -4.41. The summed E-state index contributed by atoms with van der Waals surface area (Å²) < 4.78 is 55.3. The molecule has 3 aromatic heterocycles. The van der Waals surface area contributed by atoms with E-state index in [0.29, 0.717) is 65.9 Å². The first-order valence-electron chi connectivity index (χ1n) is 11.4. The van der Waals surface area contributed by atoms with Crippen LogP contribution in [-0.2, 0) is 17.8 Å². The molecule has 0 aromatic carbocycles. The van der Waals surface area contributed by atoms with Crippen LogP contribution in [0, 0.1) is 6.92 Å². The smallest absolute Gasteiger partial charge is 0.408 e. The molecule has 0 N–H and O–H groups in total. The summed E-state index contributed by atoms with van der Waals surface area (Å²) in [6.07, 6.45) is 0.367. The van der Waals surface area contributed by atoms with Crippen LogP contribution in [-0.4, -0.2) is 58.8 Å². The van der Waals surface area contributed by atoms with Gasteiger partial charge in [0.1, 0.15) is 6.54 Å². The van der Waals surface area contributed by atoms with Crippen molar-refractivity contribution in [1.82, 2.24) is 19.7 Å². The topological polar surface area (TPSA) is 91.6 Å². The second-order valence-electron chi connectivity index (χ2n) is 8.18. The molecule has 0 unspecified atom stereocenters. The Kier molecular flexibility index (Phi) is 7.43. The van der Waals surface area contributed by atoms with Crippen LogP contribution < -0.4 is 14.4 Å². The molecule has 9 nitrogen and oxygen atoms in total. The summed E-state index contributed by atoms with van der Waals surface area (Å²) in [5.41, 5.74) is 3.17. The molecule has 0 saturated heterocycles. The molecule has 1 aliphatic rings. The first-order valence-corrected chi connectivity index (χ1v) is 11.4. The number of amides is 1. The van der Waals surface area contributed by atoms with Crippen LogP contribution >= 0.6 is 0 Å². The van der Waals surface area contributed by atoms with Gasteiger partial charge in [0.05, 0.1) is 49.1 Å². The number of anilines is 1. The molecule has 192 valence electrons. The van der Waals surface area contributed by atoms with E-state index in [2.05, 4.69) is 15.1 Å². The van der Waals surface area contributed by atoms with Gasteiger partial charge in [0.25, 0.3) is 11.8 Å². The molecule has 0 atom stereocenters. The highest BCUT2D eigenvalue weighted by Gasteiger charge is 2.34. The van der Waals surface area contributed by atoms with Crippen LogP contribution in [0.5, 0.6) is 11.6 Å². The zero-order valence-corrected chi connectivity index (χ0v) is 20.1. The van der Waals surface area contributed by atoms with Gasteiger partial charge >= 0.3 is 6.18 Å². The van der Waals surface area contributed by atoms with E-state index in [1.54, 1.807) is 25.3 Å². The lowest BCUT2D eigenvalue weighted by Crippen LogP contribution is -2.23. The molecule has 4 rings (SSSR count). The molecule has 0 fully saturated rings. The number of ether oxygens (including phenoxy) is 3. The van der Waals surface area contributed by atoms with Gasteiger partial charge in [0.2, 0.25) is 0 Å². The quantitative estimate of drug-likeness (QED) is 0.382. The molecule has 0 radical (unpaired) electrons. The Labute approximate surface area is 205 Å². The van der Waals surface area contributed by atoms with Crippen molar-refractivity contribution in [2.75, 3.05) is 31.8 Å². The number of aromatic nitrogens is 4. The second-order valence-corrected chi connectivity index (χ2v) is 8.18. The van der Waals surface area contributed by atoms with Crippen LogP contribution in [0.3, 0.4) is 0 Å². The van der Waals surface area contributed by atoms with E-state index < -0.39 is 12.7 Å². The number of aryl methyl sites for hydroxylation is 1. The summed E-state index contributed by atoms with van der Waals surface area (Å²) in [5, 5.41) is 3.74. The number of carbonyl (C=O) groups is 1. The van der Waals surface area contributed by atoms with Gasteiger partial charge in [-0.1, -0.05) is 0 Å². The number of hydrogen-bond donors (Lipinski definition) is 0. The Hall–Kier alpha value is -3.67. The number of halogens is 3. The molecule has 36 heavy (non-hydrogen) atoms. The van der Waals surface area contributed by atoms with Gasteiger partial charge in [-0.05, 0) is 31.5 Å². The van der Waals surface area contributed by atoms with Crippen molar-refractivity contribution in [1.29, 1.82) is 0 Å². The average molecular weight is 505 g/mol. The number of alkyl halides is 3. The maximum absolute atomic E-state index is 13.0. The predicted octanol–water partition coefficient (Wildman–Crippen LogP) is 4.19. The van der Waals surface area contributed by atoms with Gasteiger partial charge in [0, 0.05) is 37.6 Å².